The van der Waals surface area contributed by atoms with Crippen molar-refractivity contribution >= 4 is 34.6 Å². The summed E-state index contributed by atoms with van der Waals surface area (Å²) in [6.45, 7) is 5.55. The van der Waals surface area contributed by atoms with Gasteiger partial charge in [0.2, 0.25) is 5.78 Å². The van der Waals surface area contributed by atoms with E-state index >= 15 is 0 Å². The predicted octanol–water partition coefficient (Wildman–Crippen LogP) is 2.58. The van der Waals surface area contributed by atoms with Crippen LogP contribution in [0.25, 0.3) is 5.76 Å². The molecule has 35 heavy (non-hydrogen) atoms. The molecule has 0 spiro atoms. The summed E-state index contributed by atoms with van der Waals surface area (Å²) in [6.07, 6.45) is -0.180. The normalized spacial score (nSPS) is 30.0. The predicted molar refractivity (Wildman–Crippen MR) is 126 cm³/mol. The Balaban J connectivity index is 2.09. The molecule has 0 aromatic heterocycles. The van der Waals surface area contributed by atoms with Crippen LogP contribution in [-0.4, -0.2) is 63.3 Å². The molecular weight excluding hydrogens is 454 g/mol. The number of phenols is 1. The Hall–Kier alpha value is -3.46. The fourth-order valence-corrected chi connectivity index (χ4v) is 6.37. The van der Waals surface area contributed by atoms with Gasteiger partial charge in [0.1, 0.15) is 22.8 Å². The monoisotopic (exact) mass is 483 g/mol. The minimum absolute atomic E-state index is 0.0180. The van der Waals surface area contributed by atoms with Gasteiger partial charge in [-0.3, -0.25) is 19.2 Å². The minimum atomic E-state index is -2.62. The number of aliphatic hydroxyl groups is 3. The number of aliphatic hydroxyl groups excluding tert-OH is 2. The SMILES string of the molecule is CC(=O)C1=C(O)[C@@]2(O)C(=O)C3=C(O)c4c(O)c(C(C)=O)cc(N(C)C)c4C[C@@]3(C)C[C@@]2(C)CC1=O. The second-order valence-corrected chi connectivity index (χ2v) is 10.7. The van der Waals surface area contributed by atoms with Crippen LogP contribution in [0.1, 0.15) is 62.0 Å². The molecule has 1 aromatic rings. The molecule has 3 aliphatic rings. The number of benzene rings is 1. The molecule has 9 nitrogen and oxygen atoms in total. The van der Waals surface area contributed by atoms with E-state index in [9.17, 15) is 39.6 Å². The first-order chi connectivity index (χ1) is 16.0. The van der Waals surface area contributed by atoms with E-state index in [1.807, 2.05) is 0 Å². The van der Waals surface area contributed by atoms with Crippen molar-refractivity contribution in [3.8, 4) is 5.75 Å². The molecule has 4 N–H and O–H groups in total. The Morgan fingerprint density at radius 1 is 1.00 bits per heavy atom. The topological polar surface area (TPSA) is 152 Å². The van der Waals surface area contributed by atoms with Crippen LogP contribution < -0.4 is 4.90 Å². The Bertz CT molecular complexity index is 1320. The average molecular weight is 484 g/mol. The summed E-state index contributed by atoms with van der Waals surface area (Å²) in [5.41, 5.74) is -5.08. The third-order valence-electron chi connectivity index (χ3n) is 7.86. The van der Waals surface area contributed by atoms with Crippen LogP contribution in [0.2, 0.25) is 0 Å². The molecule has 1 aromatic carbocycles. The summed E-state index contributed by atoms with van der Waals surface area (Å²) in [4.78, 5) is 52.7. The van der Waals surface area contributed by atoms with Crippen molar-refractivity contribution < 1.29 is 39.6 Å². The van der Waals surface area contributed by atoms with Crippen LogP contribution in [0.3, 0.4) is 0 Å². The van der Waals surface area contributed by atoms with Crippen molar-refractivity contribution in [3.63, 3.8) is 0 Å². The van der Waals surface area contributed by atoms with E-state index in [0.717, 1.165) is 6.92 Å². The molecule has 1 fully saturated rings. The van der Waals surface area contributed by atoms with Gasteiger partial charge in [-0.2, -0.15) is 0 Å². The molecular formula is C26H29NO8. The molecule has 0 aliphatic heterocycles. The molecule has 0 saturated heterocycles. The molecule has 3 aliphatic carbocycles. The smallest absolute Gasteiger partial charge is 0.203 e. The van der Waals surface area contributed by atoms with Crippen LogP contribution in [0.4, 0.5) is 5.69 Å². The number of fused-ring (bicyclic) bond motifs is 3. The van der Waals surface area contributed by atoms with Gasteiger partial charge < -0.3 is 25.3 Å². The highest BCUT2D eigenvalue weighted by molar-refractivity contribution is 6.23. The zero-order valence-corrected chi connectivity index (χ0v) is 20.6. The third kappa shape index (κ3) is 2.97. The van der Waals surface area contributed by atoms with Gasteiger partial charge in [-0.05, 0) is 38.3 Å². The van der Waals surface area contributed by atoms with Crippen LogP contribution in [0.15, 0.2) is 23.0 Å². The van der Waals surface area contributed by atoms with E-state index < -0.39 is 62.4 Å². The van der Waals surface area contributed by atoms with E-state index in [1.54, 1.807) is 25.9 Å². The number of hydrogen-bond acceptors (Lipinski definition) is 9. The maximum absolute atomic E-state index is 13.9. The van der Waals surface area contributed by atoms with Gasteiger partial charge in [-0.1, -0.05) is 13.8 Å². The molecule has 4 rings (SSSR count). The Morgan fingerprint density at radius 3 is 2.11 bits per heavy atom. The van der Waals surface area contributed by atoms with Crippen LogP contribution in [0, 0.1) is 10.8 Å². The largest absolute Gasteiger partial charge is 0.508 e. The summed E-state index contributed by atoms with van der Waals surface area (Å²) in [5.74, 6) is -5.04. The maximum atomic E-state index is 13.9. The number of nitrogens with zero attached hydrogens (tertiary/aromatic N) is 1. The first kappa shape index (κ1) is 24.7. The van der Waals surface area contributed by atoms with Gasteiger partial charge in [-0.25, -0.2) is 0 Å². The van der Waals surface area contributed by atoms with Gasteiger partial charge >= 0.3 is 0 Å². The Kier molecular flexibility index (Phi) is 5.12. The average Bonchev–Trinajstić information content (AvgIpc) is 2.69. The number of Topliss-reactive ketones (excluding diaryl/α,β-unsaturated/α-hetero) is 4. The van der Waals surface area contributed by atoms with Crippen molar-refractivity contribution in [2.45, 2.75) is 52.6 Å². The zero-order chi connectivity index (χ0) is 26.4. The number of anilines is 1. The number of carbonyl (C=O) groups is 4. The number of rotatable bonds is 3. The van der Waals surface area contributed by atoms with Crippen molar-refractivity contribution in [1.82, 2.24) is 0 Å². The Morgan fingerprint density at radius 2 is 1.60 bits per heavy atom. The quantitative estimate of drug-likeness (QED) is 0.375. The van der Waals surface area contributed by atoms with Crippen LogP contribution in [-0.2, 0) is 20.8 Å². The molecule has 1 saturated carbocycles. The summed E-state index contributed by atoms with van der Waals surface area (Å²) >= 11 is 0. The molecule has 0 radical (unpaired) electrons. The molecule has 0 amide bonds. The number of aromatic hydroxyl groups is 1. The standard InChI is InChI=1S/C26H29NO8/c1-11(28)13-7-15(27(5)6)14-8-24(3)10-25(4)9-16(30)17(12(2)29)22(33)26(25,35)23(34)19(24)21(32)18(14)20(13)31/h7,31-33,35H,8-10H2,1-6H3/t24-,25+,26+/m0/s1. The molecule has 0 heterocycles. The minimum Gasteiger partial charge on any atom is -0.508 e. The van der Waals surface area contributed by atoms with Gasteiger partial charge in [0.05, 0.1) is 11.1 Å². The Labute approximate surface area is 202 Å². The maximum Gasteiger partial charge on any atom is 0.203 e. The third-order valence-corrected chi connectivity index (χ3v) is 7.86. The van der Waals surface area contributed by atoms with Crippen LogP contribution >= 0.6 is 0 Å². The summed E-state index contributed by atoms with van der Waals surface area (Å²) in [6, 6.07) is 1.53. The van der Waals surface area contributed by atoms with Crippen molar-refractivity contribution in [2.75, 3.05) is 19.0 Å². The lowest BCUT2D eigenvalue weighted by Gasteiger charge is -2.56. The second kappa shape index (κ2) is 7.27. The fourth-order valence-electron chi connectivity index (χ4n) is 6.37. The highest BCUT2D eigenvalue weighted by atomic mass is 16.3. The van der Waals surface area contributed by atoms with Gasteiger partial charge in [0.25, 0.3) is 0 Å². The molecule has 0 unspecified atom stereocenters. The first-order valence-electron chi connectivity index (χ1n) is 11.3. The molecule has 3 atom stereocenters. The number of ketones is 4. The summed E-state index contributed by atoms with van der Waals surface area (Å²) in [7, 11) is 3.49. The molecule has 186 valence electrons. The van der Waals surface area contributed by atoms with Gasteiger partial charge in [0, 0.05) is 42.6 Å². The van der Waals surface area contributed by atoms with Gasteiger partial charge in [-0.15, -0.1) is 0 Å². The van der Waals surface area contributed by atoms with Crippen molar-refractivity contribution in [2.24, 2.45) is 10.8 Å². The second-order valence-electron chi connectivity index (χ2n) is 10.7. The lowest BCUT2D eigenvalue weighted by atomic mass is 9.47. The van der Waals surface area contributed by atoms with E-state index in [1.165, 1.54) is 19.9 Å². The van der Waals surface area contributed by atoms with E-state index in [4.69, 9.17) is 0 Å². The van der Waals surface area contributed by atoms with E-state index in [2.05, 4.69) is 0 Å². The summed E-state index contributed by atoms with van der Waals surface area (Å²) in [5, 5.41) is 44.9. The molecule has 0 bridgehead atoms. The van der Waals surface area contributed by atoms with E-state index in [0.29, 0.717) is 11.3 Å². The fraction of sp³-hybridized carbons (Fsp3) is 0.462. The van der Waals surface area contributed by atoms with Gasteiger partial charge in [0.15, 0.2) is 23.0 Å². The zero-order valence-electron chi connectivity index (χ0n) is 20.6. The number of phenolic OH excluding ortho intramolecular Hbond substituents is 1. The number of carbonyl (C=O) groups excluding carboxylic acids is 4. The van der Waals surface area contributed by atoms with Crippen molar-refractivity contribution in [3.05, 3.63) is 39.7 Å². The lowest BCUT2D eigenvalue weighted by molar-refractivity contribution is -0.164. The summed E-state index contributed by atoms with van der Waals surface area (Å²) < 4.78 is 0. The first-order valence-corrected chi connectivity index (χ1v) is 11.3. The highest BCUT2D eigenvalue weighted by Gasteiger charge is 2.68. The van der Waals surface area contributed by atoms with E-state index in [-0.39, 0.29) is 36.0 Å². The number of hydrogen-bond donors (Lipinski definition) is 4. The number of allylic oxidation sites excluding steroid dienone is 1. The van der Waals surface area contributed by atoms with Crippen LogP contribution in [0.5, 0.6) is 5.75 Å². The highest BCUT2D eigenvalue weighted by Crippen LogP contribution is 2.63. The van der Waals surface area contributed by atoms with Crippen molar-refractivity contribution in [1.29, 1.82) is 0 Å². The molecule has 9 heteroatoms. The lowest BCUT2D eigenvalue weighted by Crippen LogP contribution is -2.65.